The molecular weight excluding hydrogens is 210 g/mol. The lowest BCUT2D eigenvalue weighted by Crippen LogP contribution is -1.99. The molecule has 1 rings (SSSR count). The van der Waals surface area contributed by atoms with Crippen molar-refractivity contribution in [3.05, 3.63) is 42.5 Å². The van der Waals surface area contributed by atoms with Gasteiger partial charge in [-0.25, -0.2) is 8.78 Å². The molecule has 16 heavy (non-hydrogen) atoms. The minimum absolute atomic E-state index is 0.116. The van der Waals surface area contributed by atoms with Crippen molar-refractivity contribution in [1.82, 2.24) is 0 Å². The Morgan fingerprint density at radius 2 is 2.00 bits per heavy atom. The summed E-state index contributed by atoms with van der Waals surface area (Å²) in [6, 6.07) is 3.33. The Balaban J connectivity index is 2.24. The second-order valence-corrected chi connectivity index (χ2v) is 3.56. The first kappa shape index (κ1) is 12.7. The maximum Gasteiger partial charge on any atom is 0.167 e. The van der Waals surface area contributed by atoms with Crippen molar-refractivity contribution < 1.29 is 13.5 Å². The molecule has 0 spiro atoms. The number of unbranched alkanes of at least 4 members (excludes halogenated alkanes) is 3. The number of hydrogen-bond donors (Lipinski definition) is 0. The fraction of sp³-hybridized carbons (Fsp3) is 0.385. The monoisotopic (exact) mass is 226 g/mol. The molecule has 0 N–H and O–H groups in total. The first-order valence-corrected chi connectivity index (χ1v) is 5.43. The average molecular weight is 226 g/mol. The van der Waals surface area contributed by atoms with Crippen LogP contribution in [0.4, 0.5) is 8.78 Å². The molecule has 0 atom stereocenters. The summed E-state index contributed by atoms with van der Waals surface area (Å²) in [4.78, 5) is 0. The van der Waals surface area contributed by atoms with Gasteiger partial charge in [-0.3, -0.25) is 0 Å². The van der Waals surface area contributed by atoms with Crippen molar-refractivity contribution in [1.29, 1.82) is 0 Å². The van der Waals surface area contributed by atoms with Gasteiger partial charge in [0.15, 0.2) is 11.6 Å². The minimum atomic E-state index is -0.647. The molecule has 0 saturated heterocycles. The van der Waals surface area contributed by atoms with Gasteiger partial charge in [0.05, 0.1) is 6.61 Å². The predicted molar refractivity (Wildman–Crippen MR) is 60.5 cm³/mol. The lowest BCUT2D eigenvalue weighted by Gasteiger charge is -2.06. The van der Waals surface area contributed by atoms with Crippen molar-refractivity contribution in [2.75, 3.05) is 6.61 Å². The Kier molecular flexibility index (Phi) is 5.54. The highest BCUT2D eigenvalue weighted by Crippen LogP contribution is 2.17. The zero-order chi connectivity index (χ0) is 11.8. The topological polar surface area (TPSA) is 9.23 Å². The first-order chi connectivity index (χ1) is 7.74. The molecule has 0 aliphatic heterocycles. The Hall–Kier alpha value is -1.38. The first-order valence-electron chi connectivity index (χ1n) is 5.43. The molecule has 0 amide bonds. The SMILES string of the molecule is C=CCCCCCOc1ccc(F)cc1F. The van der Waals surface area contributed by atoms with E-state index >= 15 is 0 Å². The van der Waals surface area contributed by atoms with Crippen LogP contribution in [0.15, 0.2) is 30.9 Å². The van der Waals surface area contributed by atoms with Gasteiger partial charge in [0.2, 0.25) is 0 Å². The van der Waals surface area contributed by atoms with Crippen LogP contribution in [-0.2, 0) is 0 Å². The molecule has 88 valence electrons. The minimum Gasteiger partial charge on any atom is -0.491 e. The molecule has 0 aliphatic rings. The van der Waals surface area contributed by atoms with Crippen LogP contribution in [0.1, 0.15) is 25.7 Å². The van der Waals surface area contributed by atoms with Crippen LogP contribution in [0, 0.1) is 11.6 Å². The average Bonchev–Trinajstić information content (AvgIpc) is 2.26. The lowest BCUT2D eigenvalue weighted by atomic mass is 10.2. The van der Waals surface area contributed by atoms with Crippen LogP contribution in [0.3, 0.4) is 0 Å². The maximum atomic E-state index is 13.1. The fourth-order valence-electron chi connectivity index (χ4n) is 1.34. The summed E-state index contributed by atoms with van der Waals surface area (Å²) in [7, 11) is 0. The van der Waals surface area contributed by atoms with Crippen molar-refractivity contribution in [2.45, 2.75) is 25.7 Å². The highest BCUT2D eigenvalue weighted by molar-refractivity contribution is 5.24. The van der Waals surface area contributed by atoms with E-state index in [2.05, 4.69) is 6.58 Å². The third-order valence-electron chi connectivity index (χ3n) is 2.20. The van der Waals surface area contributed by atoms with E-state index in [0.29, 0.717) is 6.61 Å². The van der Waals surface area contributed by atoms with E-state index in [-0.39, 0.29) is 5.75 Å². The number of benzene rings is 1. The van der Waals surface area contributed by atoms with E-state index in [1.165, 1.54) is 12.1 Å². The summed E-state index contributed by atoms with van der Waals surface area (Å²) in [6.45, 7) is 4.09. The largest absolute Gasteiger partial charge is 0.491 e. The van der Waals surface area contributed by atoms with E-state index in [0.717, 1.165) is 31.7 Å². The van der Waals surface area contributed by atoms with Gasteiger partial charge in [-0.15, -0.1) is 6.58 Å². The highest BCUT2D eigenvalue weighted by Gasteiger charge is 2.03. The maximum absolute atomic E-state index is 13.1. The molecule has 0 unspecified atom stereocenters. The molecule has 1 nitrogen and oxygen atoms in total. The molecule has 0 aromatic heterocycles. The Labute approximate surface area is 94.7 Å². The zero-order valence-corrected chi connectivity index (χ0v) is 9.22. The molecule has 0 radical (unpaired) electrons. The molecule has 0 saturated carbocycles. The Bertz CT molecular complexity index is 337. The molecule has 0 fully saturated rings. The van der Waals surface area contributed by atoms with Crippen molar-refractivity contribution in [2.24, 2.45) is 0 Å². The Morgan fingerprint density at radius 1 is 1.19 bits per heavy atom. The number of rotatable bonds is 7. The smallest absolute Gasteiger partial charge is 0.167 e. The van der Waals surface area contributed by atoms with Crippen LogP contribution in [0.5, 0.6) is 5.75 Å². The van der Waals surface area contributed by atoms with Crippen LogP contribution < -0.4 is 4.74 Å². The predicted octanol–water partition coefficient (Wildman–Crippen LogP) is 4.09. The van der Waals surface area contributed by atoms with Crippen LogP contribution in [0.2, 0.25) is 0 Å². The van der Waals surface area contributed by atoms with E-state index in [9.17, 15) is 8.78 Å². The van der Waals surface area contributed by atoms with Gasteiger partial charge in [-0.05, 0) is 37.8 Å². The van der Waals surface area contributed by atoms with Crippen LogP contribution in [0.25, 0.3) is 0 Å². The highest BCUT2D eigenvalue weighted by atomic mass is 19.1. The van der Waals surface area contributed by atoms with Gasteiger partial charge < -0.3 is 4.74 Å². The molecule has 1 aromatic carbocycles. The van der Waals surface area contributed by atoms with E-state index in [4.69, 9.17) is 4.74 Å². The summed E-state index contributed by atoms with van der Waals surface area (Å²) >= 11 is 0. The number of ether oxygens (including phenoxy) is 1. The second-order valence-electron chi connectivity index (χ2n) is 3.56. The van der Waals surface area contributed by atoms with E-state index in [1.807, 2.05) is 6.08 Å². The van der Waals surface area contributed by atoms with Crippen LogP contribution >= 0.6 is 0 Å². The van der Waals surface area contributed by atoms with Gasteiger partial charge in [-0.1, -0.05) is 6.08 Å². The number of halogens is 2. The fourth-order valence-corrected chi connectivity index (χ4v) is 1.34. The normalized spacial score (nSPS) is 10.1. The zero-order valence-electron chi connectivity index (χ0n) is 9.22. The third-order valence-corrected chi connectivity index (χ3v) is 2.20. The van der Waals surface area contributed by atoms with Crippen LogP contribution in [-0.4, -0.2) is 6.61 Å². The summed E-state index contributed by atoms with van der Waals surface area (Å²) in [6.07, 6.45) is 5.82. The number of allylic oxidation sites excluding steroid dienone is 1. The molecular formula is C13H16F2O. The van der Waals surface area contributed by atoms with Crippen molar-refractivity contribution in [3.63, 3.8) is 0 Å². The van der Waals surface area contributed by atoms with Crippen molar-refractivity contribution in [3.8, 4) is 5.75 Å². The molecule has 0 bridgehead atoms. The third kappa shape index (κ3) is 4.43. The molecule has 1 aromatic rings. The summed E-state index contributed by atoms with van der Waals surface area (Å²) in [5, 5.41) is 0. The summed E-state index contributed by atoms with van der Waals surface area (Å²) < 4.78 is 30.9. The van der Waals surface area contributed by atoms with E-state index in [1.54, 1.807) is 0 Å². The summed E-state index contributed by atoms with van der Waals surface area (Å²) in [5.41, 5.74) is 0. The van der Waals surface area contributed by atoms with Gasteiger partial charge >= 0.3 is 0 Å². The molecule has 0 aliphatic carbocycles. The molecule has 0 heterocycles. The van der Waals surface area contributed by atoms with Gasteiger partial charge in [-0.2, -0.15) is 0 Å². The standard InChI is InChI=1S/C13H16F2O/c1-2-3-4-5-6-9-16-13-8-7-11(14)10-12(13)15/h2,7-8,10H,1,3-6,9H2. The van der Waals surface area contributed by atoms with Crippen molar-refractivity contribution >= 4 is 0 Å². The summed E-state index contributed by atoms with van der Waals surface area (Å²) in [5.74, 6) is -1.12. The Morgan fingerprint density at radius 3 is 2.69 bits per heavy atom. The lowest BCUT2D eigenvalue weighted by molar-refractivity contribution is 0.290. The number of hydrogen-bond acceptors (Lipinski definition) is 1. The quantitative estimate of drug-likeness (QED) is 0.502. The molecule has 3 heteroatoms. The van der Waals surface area contributed by atoms with Gasteiger partial charge in [0.1, 0.15) is 5.82 Å². The van der Waals surface area contributed by atoms with Gasteiger partial charge in [0, 0.05) is 6.07 Å². The van der Waals surface area contributed by atoms with Gasteiger partial charge in [0.25, 0.3) is 0 Å². The second kappa shape index (κ2) is 6.99. The van der Waals surface area contributed by atoms with E-state index < -0.39 is 11.6 Å².